The van der Waals surface area contributed by atoms with Crippen LogP contribution in [0.25, 0.3) is 6.08 Å². The topological polar surface area (TPSA) is 63.6 Å². The lowest BCUT2D eigenvalue weighted by Crippen LogP contribution is -2.00. The van der Waals surface area contributed by atoms with Crippen LogP contribution < -0.4 is 4.74 Å². The van der Waals surface area contributed by atoms with Gasteiger partial charge in [-0.1, -0.05) is 36.4 Å². The number of allylic oxidation sites excluding steroid dienone is 1. The third kappa shape index (κ3) is 3.36. The van der Waals surface area contributed by atoms with Crippen molar-refractivity contribution in [2.75, 3.05) is 7.11 Å². The highest BCUT2D eigenvalue weighted by Gasteiger charge is 2.10. The molecule has 0 aromatic heterocycles. The van der Waals surface area contributed by atoms with E-state index in [-0.39, 0.29) is 11.3 Å². The number of carbonyl (C=O) groups excluding carboxylic acids is 1. The van der Waals surface area contributed by atoms with E-state index in [1.807, 2.05) is 0 Å². The molecule has 2 rings (SSSR count). The number of methoxy groups -OCH3 is 1. The first-order valence-corrected chi connectivity index (χ1v) is 6.31. The molecular weight excluding hydrogens is 268 g/mol. The minimum atomic E-state index is -1.03. The Bertz CT molecular complexity index is 701. The predicted octanol–water partition coefficient (Wildman–Crippen LogP) is 3.29. The first kappa shape index (κ1) is 14.5. The van der Waals surface area contributed by atoms with E-state index >= 15 is 0 Å². The van der Waals surface area contributed by atoms with E-state index < -0.39 is 5.97 Å². The molecular formula is C17H14O4. The molecule has 1 N–H and O–H groups in total. The number of carboxylic acids is 1. The van der Waals surface area contributed by atoms with Crippen molar-refractivity contribution >= 4 is 17.8 Å². The molecule has 0 spiro atoms. The van der Waals surface area contributed by atoms with Crippen LogP contribution in [0.4, 0.5) is 0 Å². The van der Waals surface area contributed by atoms with Gasteiger partial charge in [-0.15, -0.1) is 0 Å². The molecule has 0 amide bonds. The fourth-order valence-electron chi connectivity index (χ4n) is 1.94. The standard InChI is InChI=1S/C17H14O4/c1-21-16-9-5-4-8-14(16)15(18)11-10-12-6-2-3-7-13(12)17(19)20/h2-11H,1H3,(H,19,20). The number of ether oxygens (including phenoxy) is 1. The Balaban J connectivity index is 2.30. The molecule has 0 aliphatic carbocycles. The molecule has 0 saturated heterocycles. The fourth-order valence-corrected chi connectivity index (χ4v) is 1.94. The zero-order valence-electron chi connectivity index (χ0n) is 11.4. The molecule has 0 atom stereocenters. The van der Waals surface area contributed by atoms with Crippen LogP contribution in [-0.2, 0) is 0 Å². The third-order valence-electron chi connectivity index (χ3n) is 2.98. The Kier molecular flexibility index (Phi) is 4.51. The van der Waals surface area contributed by atoms with Gasteiger partial charge in [-0.25, -0.2) is 4.79 Å². The molecule has 0 bridgehead atoms. The summed E-state index contributed by atoms with van der Waals surface area (Å²) in [5, 5.41) is 9.09. The van der Waals surface area contributed by atoms with Crippen molar-refractivity contribution in [3.8, 4) is 5.75 Å². The first-order valence-electron chi connectivity index (χ1n) is 6.31. The van der Waals surface area contributed by atoms with Crippen molar-refractivity contribution in [2.45, 2.75) is 0 Å². The van der Waals surface area contributed by atoms with Gasteiger partial charge in [0.15, 0.2) is 5.78 Å². The lowest BCUT2D eigenvalue weighted by Gasteiger charge is -2.04. The van der Waals surface area contributed by atoms with Gasteiger partial charge in [0, 0.05) is 0 Å². The van der Waals surface area contributed by atoms with Crippen molar-refractivity contribution < 1.29 is 19.4 Å². The van der Waals surface area contributed by atoms with Crippen molar-refractivity contribution in [1.29, 1.82) is 0 Å². The third-order valence-corrected chi connectivity index (χ3v) is 2.98. The highest BCUT2D eigenvalue weighted by atomic mass is 16.5. The van der Waals surface area contributed by atoms with Gasteiger partial charge in [0.05, 0.1) is 18.2 Å². The second-order valence-electron chi connectivity index (χ2n) is 4.29. The number of ketones is 1. The lowest BCUT2D eigenvalue weighted by atomic mass is 10.0. The first-order chi connectivity index (χ1) is 10.1. The summed E-state index contributed by atoms with van der Waals surface area (Å²) in [6.45, 7) is 0. The molecule has 0 unspecified atom stereocenters. The van der Waals surface area contributed by atoms with Crippen molar-refractivity contribution in [2.24, 2.45) is 0 Å². The summed E-state index contributed by atoms with van der Waals surface area (Å²) >= 11 is 0. The number of carboxylic acid groups (broad SMARTS) is 1. The molecule has 2 aromatic carbocycles. The van der Waals surface area contributed by atoms with Crippen LogP contribution in [0.15, 0.2) is 54.6 Å². The normalized spacial score (nSPS) is 10.5. The number of carbonyl (C=O) groups is 2. The number of hydrogen-bond donors (Lipinski definition) is 1. The number of aromatic carboxylic acids is 1. The van der Waals surface area contributed by atoms with Crippen LogP contribution in [0, 0.1) is 0 Å². The van der Waals surface area contributed by atoms with E-state index in [9.17, 15) is 9.59 Å². The van der Waals surface area contributed by atoms with Gasteiger partial charge in [-0.2, -0.15) is 0 Å². The maximum Gasteiger partial charge on any atom is 0.336 e. The quantitative estimate of drug-likeness (QED) is 0.675. The molecule has 0 aliphatic rings. The highest BCUT2D eigenvalue weighted by Crippen LogP contribution is 2.19. The van der Waals surface area contributed by atoms with Crippen molar-refractivity contribution in [1.82, 2.24) is 0 Å². The molecule has 0 radical (unpaired) electrons. The second kappa shape index (κ2) is 6.52. The molecule has 4 nitrogen and oxygen atoms in total. The van der Waals surface area contributed by atoms with Gasteiger partial charge in [0.1, 0.15) is 5.75 Å². The maximum absolute atomic E-state index is 12.2. The molecule has 0 heterocycles. The van der Waals surface area contributed by atoms with Gasteiger partial charge < -0.3 is 9.84 Å². The molecule has 21 heavy (non-hydrogen) atoms. The van der Waals surface area contributed by atoms with Gasteiger partial charge in [0.2, 0.25) is 0 Å². The smallest absolute Gasteiger partial charge is 0.336 e. The maximum atomic E-state index is 12.2. The summed E-state index contributed by atoms with van der Waals surface area (Å²) in [6.07, 6.45) is 2.85. The average Bonchev–Trinajstić information content (AvgIpc) is 2.52. The molecule has 0 saturated carbocycles. The number of rotatable bonds is 5. The molecule has 4 heteroatoms. The summed E-state index contributed by atoms with van der Waals surface area (Å²) in [6, 6.07) is 13.4. The van der Waals surface area contributed by atoms with Crippen LogP contribution >= 0.6 is 0 Å². The lowest BCUT2D eigenvalue weighted by molar-refractivity contribution is 0.0696. The van der Waals surface area contributed by atoms with Gasteiger partial charge >= 0.3 is 5.97 Å². The van der Waals surface area contributed by atoms with Crippen LogP contribution in [-0.4, -0.2) is 24.0 Å². The Labute approximate surface area is 122 Å². The zero-order chi connectivity index (χ0) is 15.2. The Morgan fingerprint density at radius 1 is 1.00 bits per heavy atom. The summed E-state index contributed by atoms with van der Waals surface area (Å²) < 4.78 is 5.13. The number of hydrogen-bond acceptors (Lipinski definition) is 3. The Morgan fingerprint density at radius 2 is 1.62 bits per heavy atom. The van der Waals surface area contributed by atoms with Crippen molar-refractivity contribution in [3.05, 3.63) is 71.3 Å². The minimum absolute atomic E-state index is 0.154. The summed E-state index contributed by atoms with van der Waals surface area (Å²) in [5.74, 6) is -0.786. The van der Waals surface area contributed by atoms with Crippen LogP contribution in [0.3, 0.4) is 0 Å². The van der Waals surface area contributed by atoms with Crippen LogP contribution in [0.1, 0.15) is 26.3 Å². The molecule has 0 aliphatic heterocycles. The summed E-state index contributed by atoms with van der Waals surface area (Å²) in [4.78, 5) is 23.3. The van der Waals surface area contributed by atoms with Crippen LogP contribution in [0.5, 0.6) is 5.75 Å². The number of para-hydroxylation sites is 1. The van der Waals surface area contributed by atoms with Crippen LogP contribution in [0.2, 0.25) is 0 Å². The average molecular weight is 282 g/mol. The largest absolute Gasteiger partial charge is 0.496 e. The molecule has 0 fully saturated rings. The minimum Gasteiger partial charge on any atom is -0.496 e. The van der Waals surface area contributed by atoms with E-state index in [1.54, 1.807) is 42.5 Å². The SMILES string of the molecule is COc1ccccc1C(=O)C=Cc1ccccc1C(=O)O. The summed E-state index contributed by atoms with van der Waals surface area (Å²) in [7, 11) is 1.50. The Hall–Kier alpha value is -2.88. The van der Waals surface area contributed by atoms with Crippen molar-refractivity contribution in [3.63, 3.8) is 0 Å². The highest BCUT2D eigenvalue weighted by molar-refractivity contribution is 6.09. The molecule has 2 aromatic rings. The fraction of sp³-hybridized carbons (Fsp3) is 0.0588. The van der Waals surface area contributed by atoms with E-state index in [1.165, 1.54) is 25.3 Å². The number of benzene rings is 2. The van der Waals surface area contributed by atoms with E-state index in [0.717, 1.165) is 0 Å². The predicted molar refractivity (Wildman–Crippen MR) is 79.8 cm³/mol. The van der Waals surface area contributed by atoms with E-state index in [0.29, 0.717) is 16.9 Å². The zero-order valence-corrected chi connectivity index (χ0v) is 11.4. The van der Waals surface area contributed by atoms with Gasteiger partial charge in [-0.05, 0) is 29.8 Å². The monoisotopic (exact) mass is 282 g/mol. The summed E-state index contributed by atoms with van der Waals surface area (Å²) in [5.41, 5.74) is 1.07. The Morgan fingerprint density at radius 3 is 2.29 bits per heavy atom. The van der Waals surface area contributed by atoms with E-state index in [4.69, 9.17) is 9.84 Å². The van der Waals surface area contributed by atoms with E-state index in [2.05, 4.69) is 0 Å². The van der Waals surface area contributed by atoms with Gasteiger partial charge in [0.25, 0.3) is 0 Å². The van der Waals surface area contributed by atoms with Gasteiger partial charge in [-0.3, -0.25) is 4.79 Å². The molecule has 106 valence electrons. The second-order valence-corrected chi connectivity index (χ2v) is 4.29.